The largest absolute Gasteiger partial charge is 0.398 e. The zero-order valence-electron chi connectivity index (χ0n) is 10.2. The average Bonchev–Trinajstić information content (AvgIpc) is 2.52. The van der Waals surface area contributed by atoms with E-state index in [1.807, 2.05) is 12.1 Å². The van der Waals surface area contributed by atoms with E-state index in [4.69, 9.17) is 5.73 Å². The van der Waals surface area contributed by atoms with Crippen molar-refractivity contribution < 1.29 is 0 Å². The predicted octanol–water partition coefficient (Wildman–Crippen LogP) is 2.95. The second-order valence-corrected chi connectivity index (χ2v) is 4.83. The number of nitrogens with zero attached hydrogens (tertiary/aromatic N) is 1. The molecule has 2 N–H and O–H groups in total. The minimum Gasteiger partial charge on any atom is -0.398 e. The number of rotatable bonds is 2. The lowest BCUT2D eigenvalue weighted by Crippen LogP contribution is -2.24. The molecule has 1 heterocycles. The molecule has 0 saturated carbocycles. The Kier molecular flexibility index (Phi) is 3.83. The van der Waals surface area contributed by atoms with E-state index >= 15 is 0 Å². The van der Waals surface area contributed by atoms with E-state index in [9.17, 15) is 0 Å². The molecule has 0 amide bonds. The normalized spacial score (nSPS) is 18.3. The number of likely N-dealkylation sites (tertiary alicyclic amines) is 1. The van der Waals surface area contributed by atoms with Gasteiger partial charge >= 0.3 is 0 Å². The van der Waals surface area contributed by atoms with Crippen LogP contribution in [0.15, 0.2) is 18.2 Å². The number of benzene rings is 1. The van der Waals surface area contributed by atoms with Crippen LogP contribution in [0.3, 0.4) is 0 Å². The molecule has 0 aliphatic carbocycles. The Balaban J connectivity index is 2.07. The Bertz CT molecular complexity index is 318. The predicted molar refractivity (Wildman–Crippen MR) is 69.3 cm³/mol. The minimum absolute atomic E-state index is 0.948. The number of anilines is 1. The molecule has 0 atom stereocenters. The summed E-state index contributed by atoms with van der Waals surface area (Å²) in [4.78, 5) is 2.55. The highest BCUT2D eigenvalue weighted by molar-refractivity contribution is 5.50. The number of hydrogen-bond acceptors (Lipinski definition) is 2. The van der Waals surface area contributed by atoms with Gasteiger partial charge in [-0.05, 0) is 50.0 Å². The van der Waals surface area contributed by atoms with Crippen LogP contribution in [0.5, 0.6) is 0 Å². The van der Waals surface area contributed by atoms with Gasteiger partial charge in [0, 0.05) is 12.2 Å². The maximum absolute atomic E-state index is 6.05. The SMILES string of the molecule is Cc1cccc(N)c1CN1CCCCCC1. The van der Waals surface area contributed by atoms with Crippen LogP contribution in [0.4, 0.5) is 5.69 Å². The lowest BCUT2D eigenvalue weighted by molar-refractivity contribution is 0.277. The van der Waals surface area contributed by atoms with E-state index < -0.39 is 0 Å². The van der Waals surface area contributed by atoms with Crippen LogP contribution in [-0.4, -0.2) is 18.0 Å². The lowest BCUT2D eigenvalue weighted by Gasteiger charge is -2.21. The average molecular weight is 218 g/mol. The molecule has 88 valence electrons. The number of hydrogen-bond donors (Lipinski definition) is 1. The first-order chi connectivity index (χ1) is 7.77. The molecule has 0 aromatic heterocycles. The van der Waals surface area contributed by atoms with Crippen molar-refractivity contribution in [2.24, 2.45) is 0 Å². The molecule has 0 spiro atoms. The van der Waals surface area contributed by atoms with Gasteiger partial charge in [-0.3, -0.25) is 4.90 Å². The topological polar surface area (TPSA) is 29.3 Å². The monoisotopic (exact) mass is 218 g/mol. The third-order valence-electron chi connectivity index (χ3n) is 3.53. The van der Waals surface area contributed by atoms with Gasteiger partial charge in [-0.1, -0.05) is 25.0 Å². The quantitative estimate of drug-likeness (QED) is 0.773. The second kappa shape index (κ2) is 5.35. The highest BCUT2D eigenvalue weighted by Gasteiger charge is 2.12. The fraction of sp³-hybridized carbons (Fsp3) is 0.571. The number of aryl methyl sites for hydroxylation is 1. The molecule has 2 heteroatoms. The van der Waals surface area contributed by atoms with Gasteiger partial charge in [0.05, 0.1) is 0 Å². The van der Waals surface area contributed by atoms with Gasteiger partial charge in [0.2, 0.25) is 0 Å². The summed E-state index contributed by atoms with van der Waals surface area (Å²) in [6.07, 6.45) is 5.46. The molecule has 1 aromatic carbocycles. The van der Waals surface area contributed by atoms with Crippen molar-refractivity contribution in [2.75, 3.05) is 18.8 Å². The summed E-state index contributed by atoms with van der Waals surface area (Å²) in [5.74, 6) is 0. The van der Waals surface area contributed by atoms with Crippen LogP contribution >= 0.6 is 0 Å². The maximum atomic E-state index is 6.05. The van der Waals surface area contributed by atoms with Crippen LogP contribution in [0.1, 0.15) is 36.8 Å². The van der Waals surface area contributed by atoms with E-state index in [-0.39, 0.29) is 0 Å². The zero-order chi connectivity index (χ0) is 11.4. The summed E-state index contributed by atoms with van der Waals surface area (Å²) in [6.45, 7) is 5.64. The summed E-state index contributed by atoms with van der Waals surface area (Å²) < 4.78 is 0. The minimum atomic E-state index is 0.948. The zero-order valence-corrected chi connectivity index (χ0v) is 10.2. The van der Waals surface area contributed by atoms with E-state index in [0.29, 0.717) is 0 Å². The summed E-state index contributed by atoms with van der Waals surface area (Å²) in [5, 5.41) is 0. The van der Waals surface area contributed by atoms with Crippen molar-refractivity contribution in [3.8, 4) is 0 Å². The summed E-state index contributed by atoms with van der Waals surface area (Å²) >= 11 is 0. The third kappa shape index (κ3) is 2.76. The van der Waals surface area contributed by atoms with Crippen LogP contribution in [-0.2, 0) is 6.54 Å². The Morgan fingerprint density at radius 3 is 2.44 bits per heavy atom. The Hall–Kier alpha value is -1.02. The Morgan fingerprint density at radius 1 is 1.12 bits per heavy atom. The first kappa shape index (κ1) is 11.5. The summed E-state index contributed by atoms with van der Waals surface area (Å²) in [5.41, 5.74) is 9.65. The van der Waals surface area contributed by atoms with Crippen molar-refractivity contribution in [3.05, 3.63) is 29.3 Å². The smallest absolute Gasteiger partial charge is 0.0362 e. The summed E-state index contributed by atoms with van der Waals surface area (Å²) in [7, 11) is 0. The Labute approximate surface area is 98.4 Å². The highest BCUT2D eigenvalue weighted by atomic mass is 15.1. The molecular formula is C14H22N2. The molecule has 1 aliphatic heterocycles. The molecule has 16 heavy (non-hydrogen) atoms. The van der Waals surface area contributed by atoms with E-state index in [1.165, 1.54) is 49.9 Å². The van der Waals surface area contributed by atoms with Gasteiger partial charge in [0.25, 0.3) is 0 Å². The van der Waals surface area contributed by atoms with Gasteiger partial charge in [0.1, 0.15) is 0 Å². The molecule has 2 rings (SSSR count). The second-order valence-electron chi connectivity index (χ2n) is 4.83. The van der Waals surface area contributed by atoms with Crippen molar-refractivity contribution in [3.63, 3.8) is 0 Å². The van der Waals surface area contributed by atoms with E-state index in [0.717, 1.165) is 12.2 Å². The van der Waals surface area contributed by atoms with Gasteiger partial charge in [-0.2, -0.15) is 0 Å². The van der Waals surface area contributed by atoms with Crippen LogP contribution < -0.4 is 5.73 Å². The fourth-order valence-corrected chi connectivity index (χ4v) is 2.46. The third-order valence-corrected chi connectivity index (χ3v) is 3.53. The lowest BCUT2D eigenvalue weighted by atomic mass is 10.1. The highest BCUT2D eigenvalue weighted by Crippen LogP contribution is 2.20. The van der Waals surface area contributed by atoms with Gasteiger partial charge in [-0.15, -0.1) is 0 Å². The van der Waals surface area contributed by atoms with E-state index in [1.54, 1.807) is 0 Å². The molecule has 1 aliphatic rings. The molecule has 0 unspecified atom stereocenters. The summed E-state index contributed by atoms with van der Waals surface area (Å²) in [6, 6.07) is 6.21. The number of nitrogens with two attached hydrogens (primary N) is 1. The Morgan fingerprint density at radius 2 is 1.81 bits per heavy atom. The molecular weight excluding hydrogens is 196 g/mol. The molecule has 1 aromatic rings. The van der Waals surface area contributed by atoms with Crippen molar-refractivity contribution in [1.29, 1.82) is 0 Å². The molecule has 1 saturated heterocycles. The molecule has 0 radical (unpaired) electrons. The van der Waals surface area contributed by atoms with Crippen LogP contribution in [0, 0.1) is 6.92 Å². The van der Waals surface area contributed by atoms with Crippen LogP contribution in [0.2, 0.25) is 0 Å². The van der Waals surface area contributed by atoms with Crippen molar-refractivity contribution in [2.45, 2.75) is 39.2 Å². The fourth-order valence-electron chi connectivity index (χ4n) is 2.46. The van der Waals surface area contributed by atoms with Gasteiger partial charge in [-0.25, -0.2) is 0 Å². The number of nitrogen functional groups attached to an aromatic ring is 1. The molecule has 1 fully saturated rings. The first-order valence-electron chi connectivity index (χ1n) is 6.33. The van der Waals surface area contributed by atoms with E-state index in [2.05, 4.69) is 17.9 Å². The van der Waals surface area contributed by atoms with Gasteiger partial charge < -0.3 is 5.73 Å². The molecule has 2 nitrogen and oxygen atoms in total. The maximum Gasteiger partial charge on any atom is 0.0362 e. The van der Waals surface area contributed by atoms with Gasteiger partial charge in [0.15, 0.2) is 0 Å². The van der Waals surface area contributed by atoms with Crippen molar-refractivity contribution in [1.82, 2.24) is 4.90 Å². The molecule has 0 bridgehead atoms. The first-order valence-corrected chi connectivity index (χ1v) is 6.33. The van der Waals surface area contributed by atoms with Crippen LogP contribution in [0.25, 0.3) is 0 Å². The van der Waals surface area contributed by atoms with Crippen molar-refractivity contribution >= 4 is 5.69 Å². The standard InChI is InChI=1S/C14H22N2/c1-12-7-6-8-14(15)13(12)11-16-9-4-2-3-5-10-16/h6-8H,2-5,9-11,15H2,1H3.